The number of anilines is 1. The lowest BCUT2D eigenvalue weighted by Gasteiger charge is -2.28. The molecule has 0 aromatic heterocycles. The number of rotatable bonds is 4. The molecule has 0 N–H and O–H groups in total. The Kier molecular flexibility index (Phi) is 4.54. The van der Waals surface area contributed by atoms with Crippen LogP contribution in [0.1, 0.15) is 44.9 Å². The Labute approximate surface area is 148 Å². The van der Waals surface area contributed by atoms with Gasteiger partial charge in [0.1, 0.15) is 5.82 Å². The van der Waals surface area contributed by atoms with E-state index < -0.39 is 0 Å². The molecular weight excluding hydrogens is 319 g/mol. The van der Waals surface area contributed by atoms with Crippen molar-refractivity contribution in [1.29, 1.82) is 0 Å². The van der Waals surface area contributed by atoms with Gasteiger partial charge in [0.25, 0.3) is 0 Å². The molecule has 1 aromatic rings. The van der Waals surface area contributed by atoms with Gasteiger partial charge in [-0.25, -0.2) is 4.39 Å². The molecule has 0 bridgehead atoms. The lowest BCUT2D eigenvalue weighted by atomic mass is 9.98. The van der Waals surface area contributed by atoms with Gasteiger partial charge in [0, 0.05) is 13.1 Å². The second-order valence-corrected chi connectivity index (χ2v) is 7.85. The zero-order chi connectivity index (χ0) is 17.4. The fourth-order valence-electron chi connectivity index (χ4n) is 4.84. The van der Waals surface area contributed by atoms with Crippen LogP contribution in [0.25, 0.3) is 0 Å². The van der Waals surface area contributed by atoms with Crippen LogP contribution in [-0.4, -0.2) is 48.7 Å². The molecule has 136 valence electrons. The molecule has 2 aliphatic heterocycles. The van der Waals surface area contributed by atoms with Crippen molar-refractivity contribution in [3.63, 3.8) is 0 Å². The maximum atomic E-state index is 14.0. The Bertz CT molecular complexity index is 644. The SMILES string of the molecule is CN(C[C@H]1CCC2(CCCC2)O1)[C@@H]1CCN(c2ccccc2F)C1=O. The minimum atomic E-state index is -0.332. The molecule has 1 aliphatic carbocycles. The van der Waals surface area contributed by atoms with Crippen molar-refractivity contribution in [3.05, 3.63) is 30.1 Å². The topological polar surface area (TPSA) is 32.8 Å². The smallest absolute Gasteiger partial charge is 0.244 e. The Morgan fingerprint density at radius 2 is 2.00 bits per heavy atom. The summed E-state index contributed by atoms with van der Waals surface area (Å²) in [5.41, 5.74) is 0.523. The van der Waals surface area contributed by atoms with Gasteiger partial charge in [-0.05, 0) is 51.3 Å². The molecular formula is C20H27FN2O2. The molecule has 2 atom stereocenters. The molecule has 5 heteroatoms. The average molecular weight is 346 g/mol. The number of para-hydroxylation sites is 1. The minimum Gasteiger partial charge on any atom is -0.370 e. The van der Waals surface area contributed by atoms with Crippen LogP contribution < -0.4 is 4.90 Å². The standard InChI is InChI=1S/C20H27FN2O2/c1-22(14-15-8-12-20(25-15)10-4-5-11-20)18-9-13-23(19(18)24)17-7-3-2-6-16(17)21/h2-3,6-7,15,18H,4-5,8-14H2,1H3/t15-,18-/m1/s1. The lowest BCUT2D eigenvalue weighted by Crippen LogP contribution is -2.43. The van der Waals surface area contributed by atoms with Crippen molar-refractivity contribution < 1.29 is 13.9 Å². The van der Waals surface area contributed by atoms with Crippen LogP contribution in [0.2, 0.25) is 0 Å². The van der Waals surface area contributed by atoms with E-state index in [9.17, 15) is 9.18 Å². The minimum absolute atomic E-state index is 0.00109. The third kappa shape index (κ3) is 3.20. The molecule has 4 nitrogen and oxygen atoms in total. The Balaban J connectivity index is 1.38. The van der Waals surface area contributed by atoms with E-state index in [1.165, 1.54) is 31.7 Å². The monoisotopic (exact) mass is 346 g/mol. The summed E-state index contributed by atoms with van der Waals surface area (Å²) in [5, 5.41) is 0. The number of carbonyl (C=O) groups excluding carboxylic acids is 1. The summed E-state index contributed by atoms with van der Waals surface area (Å²) >= 11 is 0. The number of hydrogen-bond donors (Lipinski definition) is 0. The average Bonchev–Trinajstić information content (AvgIpc) is 3.31. The van der Waals surface area contributed by atoms with Gasteiger partial charge in [-0.3, -0.25) is 9.69 Å². The van der Waals surface area contributed by atoms with Gasteiger partial charge in [0.2, 0.25) is 5.91 Å². The summed E-state index contributed by atoms with van der Waals surface area (Å²) in [6.45, 7) is 1.35. The summed E-state index contributed by atoms with van der Waals surface area (Å²) in [5.74, 6) is -0.331. The number of hydrogen-bond acceptors (Lipinski definition) is 3. The van der Waals surface area contributed by atoms with Gasteiger partial charge < -0.3 is 9.64 Å². The third-order valence-electron chi connectivity index (χ3n) is 6.20. The zero-order valence-electron chi connectivity index (χ0n) is 14.9. The second kappa shape index (κ2) is 6.69. The fraction of sp³-hybridized carbons (Fsp3) is 0.650. The number of likely N-dealkylation sites (N-methyl/N-ethyl adjacent to an activating group) is 1. The number of amides is 1. The first-order chi connectivity index (χ1) is 12.1. The van der Waals surface area contributed by atoms with Crippen LogP contribution >= 0.6 is 0 Å². The molecule has 1 spiro atoms. The zero-order valence-corrected chi connectivity index (χ0v) is 14.9. The highest BCUT2D eigenvalue weighted by Crippen LogP contribution is 2.43. The van der Waals surface area contributed by atoms with Crippen LogP contribution in [-0.2, 0) is 9.53 Å². The summed E-state index contributed by atoms with van der Waals surface area (Å²) in [4.78, 5) is 16.5. The van der Waals surface area contributed by atoms with Gasteiger partial charge in [-0.1, -0.05) is 25.0 Å². The fourth-order valence-corrected chi connectivity index (χ4v) is 4.84. The molecule has 2 saturated heterocycles. The molecule has 2 heterocycles. The van der Waals surface area contributed by atoms with Crippen LogP contribution in [0.15, 0.2) is 24.3 Å². The molecule has 4 rings (SSSR count). The number of halogens is 1. The van der Waals surface area contributed by atoms with Crippen LogP contribution in [0.5, 0.6) is 0 Å². The predicted octanol–water partition coefficient (Wildman–Crippen LogP) is 3.35. The summed E-state index contributed by atoms with van der Waals surface area (Å²) < 4.78 is 20.4. The van der Waals surface area contributed by atoms with E-state index in [0.717, 1.165) is 25.8 Å². The number of ether oxygens (including phenoxy) is 1. The van der Waals surface area contributed by atoms with Crippen molar-refractivity contribution in [3.8, 4) is 0 Å². The van der Waals surface area contributed by atoms with Crippen LogP contribution in [0, 0.1) is 5.82 Å². The molecule has 3 fully saturated rings. The molecule has 0 unspecified atom stereocenters. The van der Waals surface area contributed by atoms with Crippen molar-refractivity contribution in [2.24, 2.45) is 0 Å². The molecule has 0 radical (unpaired) electrons. The molecule has 3 aliphatic rings. The van der Waals surface area contributed by atoms with Gasteiger partial charge >= 0.3 is 0 Å². The van der Waals surface area contributed by atoms with E-state index >= 15 is 0 Å². The van der Waals surface area contributed by atoms with E-state index in [0.29, 0.717) is 12.2 Å². The van der Waals surface area contributed by atoms with E-state index in [1.807, 2.05) is 7.05 Å². The van der Waals surface area contributed by atoms with Gasteiger partial charge in [0.05, 0.1) is 23.4 Å². The number of nitrogens with zero attached hydrogens (tertiary/aromatic N) is 2. The van der Waals surface area contributed by atoms with E-state index in [2.05, 4.69) is 4.90 Å². The second-order valence-electron chi connectivity index (χ2n) is 7.85. The number of carbonyl (C=O) groups is 1. The molecule has 1 saturated carbocycles. The quantitative estimate of drug-likeness (QED) is 0.838. The van der Waals surface area contributed by atoms with Gasteiger partial charge in [-0.15, -0.1) is 0 Å². The third-order valence-corrected chi connectivity index (χ3v) is 6.20. The summed E-state index contributed by atoms with van der Waals surface area (Å²) in [6, 6.07) is 6.34. The van der Waals surface area contributed by atoms with Gasteiger partial charge in [0.15, 0.2) is 0 Å². The van der Waals surface area contributed by atoms with Gasteiger partial charge in [-0.2, -0.15) is 0 Å². The lowest BCUT2D eigenvalue weighted by molar-refractivity contribution is -0.122. The van der Waals surface area contributed by atoms with Crippen molar-refractivity contribution >= 4 is 11.6 Å². The van der Waals surface area contributed by atoms with Crippen molar-refractivity contribution in [2.45, 2.75) is 62.7 Å². The Hall–Kier alpha value is -1.46. The first-order valence-corrected chi connectivity index (χ1v) is 9.52. The normalized spacial score (nSPS) is 28.6. The number of benzene rings is 1. The molecule has 25 heavy (non-hydrogen) atoms. The maximum absolute atomic E-state index is 14.0. The van der Waals surface area contributed by atoms with Crippen LogP contribution in [0.4, 0.5) is 10.1 Å². The highest BCUT2D eigenvalue weighted by atomic mass is 19.1. The largest absolute Gasteiger partial charge is 0.370 e. The molecule has 1 amide bonds. The first-order valence-electron chi connectivity index (χ1n) is 9.52. The molecule has 1 aromatic carbocycles. The van der Waals surface area contributed by atoms with Crippen molar-refractivity contribution in [2.75, 3.05) is 25.0 Å². The Morgan fingerprint density at radius 3 is 2.76 bits per heavy atom. The predicted molar refractivity (Wildman–Crippen MR) is 95.1 cm³/mol. The first kappa shape index (κ1) is 17.0. The maximum Gasteiger partial charge on any atom is 0.244 e. The van der Waals surface area contributed by atoms with Crippen molar-refractivity contribution in [1.82, 2.24) is 4.90 Å². The van der Waals surface area contributed by atoms with Crippen LogP contribution in [0.3, 0.4) is 0 Å². The summed E-state index contributed by atoms with van der Waals surface area (Å²) in [7, 11) is 2.00. The van der Waals surface area contributed by atoms with E-state index in [4.69, 9.17) is 4.74 Å². The highest BCUT2D eigenvalue weighted by Gasteiger charge is 2.43. The highest BCUT2D eigenvalue weighted by molar-refractivity contribution is 5.99. The Morgan fingerprint density at radius 1 is 1.24 bits per heavy atom. The van der Waals surface area contributed by atoms with E-state index in [-0.39, 0.29) is 29.5 Å². The summed E-state index contributed by atoms with van der Waals surface area (Å²) in [6.07, 6.45) is 8.14. The van der Waals surface area contributed by atoms with E-state index in [1.54, 1.807) is 23.1 Å².